The van der Waals surface area contributed by atoms with Crippen LogP contribution in [0.15, 0.2) is 36.4 Å². The fourth-order valence-electron chi connectivity index (χ4n) is 3.33. The van der Waals surface area contributed by atoms with Crippen LogP contribution in [0.2, 0.25) is 0 Å². The summed E-state index contributed by atoms with van der Waals surface area (Å²) >= 11 is 0. The number of sulfone groups is 1. The van der Waals surface area contributed by atoms with Crippen molar-refractivity contribution in [1.82, 2.24) is 9.88 Å². The van der Waals surface area contributed by atoms with Crippen LogP contribution in [0.5, 0.6) is 0 Å². The third kappa shape index (κ3) is 4.39. The van der Waals surface area contributed by atoms with Gasteiger partial charge in [-0.15, -0.1) is 0 Å². The summed E-state index contributed by atoms with van der Waals surface area (Å²) < 4.78 is 29.9. The van der Waals surface area contributed by atoms with Gasteiger partial charge in [0.25, 0.3) is 5.91 Å². The van der Waals surface area contributed by atoms with Crippen molar-refractivity contribution in [2.24, 2.45) is 0 Å². The van der Waals surface area contributed by atoms with Gasteiger partial charge in [0.1, 0.15) is 0 Å². The molecule has 3 rings (SSSR count). The molecule has 1 atom stereocenters. The number of aromatic nitrogens is 1. The van der Waals surface area contributed by atoms with Crippen molar-refractivity contribution < 1.29 is 22.7 Å². The lowest BCUT2D eigenvalue weighted by atomic mass is 10.2. The van der Waals surface area contributed by atoms with Gasteiger partial charge in [-0.3, -0.25) is 4.79 Å². The van der Waals surface area contributed by atoms with E-state index in [1.54, 1.807) is 6.07 Å². The average Bonchev–Trinajstić information content (AvgIpc) is 3.11. The standard InChI is InChI=1S/C19H22N2O5S/c1-13-10-17(14(2)21(13)16-6-4-3-5-7-16)19(23)26-11-18(22)20-15-8-9-27(24,25)12-15/h3-7,10,15H,8-9,11-12H2,1-2H3,(H,20,22)/t15-/m1/s1. The number of aryl methyl sites for hydroxylation is 1. The summed E-state index contributed by atoms with van der Waals surface area (Å²) in [7, 11) is -3.07. The third-order valence-corrected chi connectivity index (χ3v) is 6.37. The van der Waals surface area contributed by atoms with E-state index in [0.29, 0.717) is 12.0 Å². The summed E-state index contributed by atoms with van der Waals surface area (Å²) in [6, 6.07) is 11.0. The SMILES string of the molecule is Cc1cc(C(=O)OCC(=O)N[C@@H]2CCS(=O)(=O)C2)c(C)n1-c1ccccc1. The Hall–Kier alpha value is -2.61. The second-order valence-electron chi connectivity index (χ2n) is 6.70. The smallest absolute Gasteiger partial charge is 0.340 e. The molecule has 0 saturated carbocycles. The second-order valence-corrected chi connectivity index (χ2v) is 8.93. The maximum atomic E-state index is 12.4. The number of esters is 1. The largest absolute Gasteiger partial charge is 0.452 e. The number of hydrogen-bond acceptors (Lipinski definition) is 5. The number of ether oxygens (including phenoxy) is 1. The van der Waals surface area contributed by atoms with E-state index in [-0.39, 0.29) is 11.5 Å². The van der Waals surface area contributed by atoms with Crippen LogP contribution in [0.25, 0.3) is 5.69 Å². The molecule has 0 unspecified atom stereocenters. The number of hydrogen-bond donors (Lipinski definition) is 1. The van der Waals surface area contributed by atoms with Gasteiger partial charge < -0.3 is 14.6 Å². The Bertz CT molecular complexity index is 963. The molecule has 0 radical (unpaired) electrons. The molecule has 1 N–H and O–H groups in total. The number of nitrogens with one attached hydrogen (secondary N) is 1. The van der Waals surface area contributed by atoms with Gasteiger partial charge in [0, 0.05) is 23.1 Å². The van der Waals surface area contributed by atoms with Crippen molar-refractivity contribution in [3.63, 3.8) is 0 Å². The Labute approximate surface area is 158 Å². The molecule has 2 aromatic rings. The lowest BCUT2D eigenvalue weighted by Crippen LogP contribution is -2.38. The zero-order valence-corrected chi connectivity index (χ0v) is 16.1. The van der Waals surface area contributed by atoms with Gasteiger partial charge in [0.2, 0.25) is 0 Å². The van der Waals surface area contributed by atoms with E-state index in [9.17, 15) is 18.0 Å². The number of carbonyl (C=O) groups is 2. The fraction of sp³-hybridized carbons (Fsp3) is 0.368. The minimum atomic E-state index is -3.07. The van der Waals surface area contributed by atoms with Crippen LogP contribution in [-0.2, 0) is 19.4 Å². The molecular formula is C19H22N2O5S. The van der Waals surface area contributed by atoms with Gasteiger partial charge in [-0.25, -0.2) is 13.2 Å². The van der Waals surface area contributed by atoms with Crippen molar-refractivity contribution >= 4 is 21.7 Å². The van der Waals surface area contributed by atoms with Crippen LogP contribution in [0.3, 0.4) is 0 Å². The van der Waals surface area contributed by atoms with Crippen molar-refractivity contribution in [2.45, 2.75) is 26.3 Å². The Kier molecular flexibility index (Phi) is 5.36. The summed E-state index contributed by atoms with van der Waals surface area (Å²) in [5, 5.41) is 2.60. The summed E-state index contributed by atoms with van der Waals surface area (Å²) in [6.07, 6.45) is 0.389. The highest BCUT2D eigenvalue weighted by Gasteiger charge is 2.29. The lowest BCUT2D eigenvalue weighted by molar-refractivity contribution is -0.124. The fourth-order valence-corrected chi connectivity index (χ4v) is 5.00. The molecule has 7 nitrogen and oxygen atoms in total. The number of carbonyl (C=O) groups excluding carboxylic acids is 2. The molecule has 1 aromatic carbocycles. The molecular weight excluding hydrogens is 368 g/mol. The molecule has 0 bridgehead atoms. The quantitative estimate of drug-likeness (QED) is 0.782. The Morgan fingerprint density at radius 1 is 1.22 bits per heavy atom. The van der Waals surface area contributed by atoms with Crippen molar-refractivity contribution in [2.75, 3.05) is 18.1 Å². The van der Waals surface area contributed by atoms with E-state index < -0.39 is 34.4 Å². The topological polar surface area (TPSA) is 94.5 Å². The Morgan fingerprint density at radius 2 is 1.93 bits per heavy atom. The Balaban J connectivity index is 1.63. The predicted octanol–water partition coefficient (Wildman–Crippen LogP) is 1.55. The number of rotatable bonds is 5. The van der Waals surface area contributed by atoms with Crippen LogP contribution in [0, 0.1) is 13.8 Å². The zero-order valence-electron chi connectivity index (χ0n) is 15.3. The first-order valence-electron chi connectivity index (χ1n) is 8.68. The highest BCUT2D eigenvalue weighted by atomic mass is 32.2. The van der Waals surface area contributed by atoms with E-state index in [1.807, 2.05) is 48.7 Å². The molecule has 8 heteroatoms. The predicted molar refractivity (Wildman–Crippen MR) is 101 cm³/mol. The first kappa shape index (κ1) is 19.2. The number of amides is 1. The number of para-hydroxylation sites is 1. The van der Waals surface area contributed by atoms with Crippen LogP contribution in [0.1, 0.15) is 28.2 Å². The average molecular weight is 390 g/mol. The van der Waals surface area contributed by atoms with E-state index in [1.165, 1.54) is 0 Å². The number of benzene rings is 1. The zero-order chi connectivity index (χ0) is 19.6. The minimum absolute atomic E-state index is 0.0646. The first-order chi connectivity index (χ1) is 12.8. The van der Waals surface area contributed by atoms with E-state index in [0.717, 1.165) is 17.1 Å². The van der Waals surface area contributed by atoms with Crippen LogP contribution >= 0.6 is 0 Å². The maximum absolute atomic E-state index is 12.4. The molecule has 2 heterocycles. The van der Waals surface area contributed by atoms with Crippen molar-refractivity contribution in [3.8, 4) is 5.69 Å². The van der Waals surface area contributed by atoms with Gasteiger partial charge in [0.05, 0.1) is 17.1 Å². The molecule has 1 aliphatic rings. The molecule has 1 aromatic heterocycles. The van der Waals surface area contributed by atoms with Crippen LogP contribution in [0.4, 0.5) is 0 Å². The third-order valence-electron chi connectivity index (χ3n) is 4.60. The maximum Gasteiger partial charge on any atom is 0.340 e. The lowest BCUT2D eigenvalue weighted by Gasteiger charge is -2.11. The molecule has 0 spiro atoms. The first-order valence-corrected chi connectivity index (χ1v) is 10.5. The van der Waals surface area contributed by atoms with E-state index >= 15 is 0 Å². The van der Waals surface area contributed by atoms with Gasteiger partial charge in [-0.05, 0) is 38.5 Å². The van der Waals surface area contributed by atoms with E-state index in [2.05, 4.69) is 5.32 Å². The van der Waals surface area contributed by atoms with Gasteiger partial charge in [0.15, 0.2) is 16.4 Å². The molecule has 1 saturated heterocycles. The summed E-state index contributed by atoms with van der Waals surface area (Å²) in [5.74, 6) is -1.07. The monoisotopic (exact) mass is 390 g/mol. The normalized spacial score (nSPS) is 18.2. The van der Waals surface area contributed by atoms with Crippen molar-refractivity contribution in [3.05, 3.63) is 53.3 Å². The minimum Gasteiger partial charge on any atom is -0.452 e. The summed E-state index contributed by atoms with van der Waals surface area (Å²) in [5.41, 5.74) is 2.94. The van der Waals surface area contributed by atoms with Gasteiger partial charge >= 0.3 is 5.97 Å². The highest BCUT2D eigenvalue weighted by Crippen LogP contribution is 2.21. The van der Waals surface area contributed by atoms with Gasteiger partial charge in [-0.2, -0.15) is 0 Å². The van der Waals surface area contributed by atoms with Crippen LogP contribution in [-0.4, -0.2) is 49.0 Å². The van der Waals surface area contributed by atoms with Crippen molar-refractivity contribution in [1.29, 1.82) is 0 Å². The van der Waals surface area contributed by atoms with E-state index in [4.69, 9.17) is 4.74 Å². The van der Waals surface area contributed by atoms with Gasteiger partial charge in [-0.1, -0.05) is 18.2 Å². The molecule has 144 valence electrons. The molecule has 1 amide bonds. The number of nitrogens with zero attached hydrogens (tertiary/aromatic N) is 1. The molecule has 1 fully saturated rings. The Morgan fingerprint density at radius 3 is 2.56 bits per heavy atom. The molecule has 27 heavy (non-hydrogen) atoms. The summed E-state index contributed by atoms with van der Waals surface area (Å²) in [6.45, 7) is 3.27. The van der Waals surface area contributed by atoms with Crippen LogP contribution < -0.4 is 5.32 Å². The molecule has 0 aliphatic carbocycles. The summed E-state index contributed by atoms with van der Waals surface area (Å²) in [4.78, 5) is 24.3. The molecule has 1 aliphatic heterocycles. The second kappa shape index (κ2) is 7.56. The highest BCUT2D eigenvalue weighted by molar-refractivity contribution is 7.91.